The van der Waals surface area contributed by atoms with E-state index < -0.39 is 28.2 Å². The molecule has 8 nitrogen and oxygen atoms in total. The lowest BCUT2D eigenvalue weighted by Gasteiger charge is -2.18. The van der Waals surface area contributed by atoms with E-state index in [-0.39, 0.29) is 10.6 Å². The summed E-state index contributed by atoms with van der Waals surface area (Å²) in [6, 6.07) is 10.9. The Kier molecular flexibility index (Phi) is 7.70. The average molecular weight is 492 g/mol. The molecule has 0 amide bonds. The highest BCUT2D eigenvalue weighted by Crippen LogP contribution is 2.29. The van der Waals surface area contributed by atoms with Gasteiger partial charge in [0.15, 0.2) is 5.13 Å². The topological polar surface area (TPSA) is 132 Å². The van der Waals surface area contributed by atoms with Crippen molar-refractivity contribution in [3.8, 4) is 5.75 Å². The van der Waals surface area contributed by atoms with E-state index in [1.807, 2.05) is 0 Å². The van der Waals surface area contributed by atoms with Gasteiger partial charge in [-0.05, 0) is 50.2 Å². The molecule has 0 saturated carbocycles. The van der Waals surface area contributed by atoms with Gasteiger partial charge in [0, 0.05) is 18.3 Å². The third-order valence-corrected chi connectivity index (χ3v) is 5.69. The van der Waals surface area contributed by atoms with E-state index in [0.29, 0.717) is 22.9 Å². The molecule has 4 N–H and O–H groups in total. The fourth-order valence-electron chi connectivity index (χ4n) is 2.21. The van der Waals surface area contributed by atoms with Gasteiger partial charge in [0.1, 0.15) is 10.6 Å². The van der Waals surface area contributed by atoms with Crippen molar-refractivity contribution in [2.45, 2.75) is 30.5 Å². The summed E-state index contributed by atoms with van der Waals surface area (Å²) in [7, 11) is -3.96. The molecule has 2 aromatic carbocycles. The summed E-state index contributed by atoms with van der Waals surface area (Å²) in [5.74, 6) is 0.199. The van der Waals surface area contributed by atoms with Crippen LogP contribution in [0.15, 0.2) is 47.4 Å². The minimum absolute atomic E-state index is 0.0372. The summed E-state index contributed by atoms with van der Waals surface area (Å²) in [5.41, 5.74) is 6.18. The maximum Gasteiger partial charge on any atom is 0.446 e. The smallest absolute Gasteiger partial charge is 0.389 e. The Labute approximate surface area is 186 Å². The van der Waals surface area contributed by atoms with Crippen molar-refractivity contribution in [1.29, 1.82) is 0 Å². The number of nitrogens with zero attached hydrogens (tertiary/aromatic N) is 1. The minimum Gasteiger partial charge on any atom is -0.389 e. The van der Waals surface area contributed by atoms with Gasteiger partial charge in [-0.15, -0.1) is 0 Å². The number of rotatable bonds is 6. The van der Waals surface area contributed by atoms with Crippen LogP contribution < -0.4 is 15.2 Å². The molecule has 0 radical (unpaired) electrons. The van der Waals surface area contributed by atoms with E-state index in [0.717, 1.165) is 4.70 Å². The number of fused-ring (bicyclic) bond motifs is 1. The van der Waals surface area contributed by atoms with Crippen LogP contribution in [0.5, 0.6) is 5.75 Å². The molecular weight excluding hydrogens is 471 g/mol. The van der Waals surface area contributed by atoms with Gasteiger partial charge >= 0.3 is 16.3 Å². The number of hydrogen-bond donors (Lipinski definition) is 3. The van der Waals surface area contributed by atoms with Crippen LogP contribution in [-0.4, -0.2) is 43.1 Å². The molecule has 3 aromatic rings. The van der Waals surface area contributed by atoms with Crippen LogP contribution in [0, 0.1) is 0 Å². The van der Waals surface area contributed by atoms with Crippen molar-refractivity contribution in [3.05, 3.63) is 42.5 Å². The maximum atomic E-state index is 12.5. The monoisotopic (exact) mass is 491 g/mol. The molecule has 0 fully saturated rings. The molecule has 0 unspecified atom stereocenters. The summed E-state index contributed by atoms with van der Waals surface area (Å²) in [6.07, 6.45) is -5.70. The van der Waals surface area contributed by atoms with Crippen LogP contribution in [0.1, 0.15) is 13.8 Å². The lowest BCUT2D eigenvalue weighted by atomic mass is 10.1. The Hall–Kier alpha value is -2.90. The Morgan fingerprint density at radius 3 is 2.31 bits per heavy atom. The number of nitrogens with one attached hydrogen (secondary N) is 1. The lowest BCUT2D eigenvalue weighted by molar-refractivity contribution is -0.156. The number of benzene rings is 2. The second-order valence-electron chi connectivity index (χ2n) is 7.07. The molecule has 0 aliphatic heterocycles. The van der Waals surface area contributed by atoms with E-state index in [1.165, 1.54) is 29.5 Å². The molecule has 13 heteroatoms. The van der Waals surface area contributed by atoms with E-state index in [9.17, 15) is 26.7 Å². The van der Waals surface area contributed by atoms with Crippen LogP contribution >= 0.6 is 11.3 Å². The number of halogens is 3. The minimum atomic E-state index is -4.64. The summed E-state index contributed by atoms with van der Waals surface area (Å²) in [4.78, 5) is 12.9. The highest BCUT2D eigenvalue weighted by molar-refractivity contribution is 7.87. The molecule has 0 bridgehead atoms. The molecule has 32 heavy (non-hydrogen) atoms. The molecule has 0 saturated heterocycles. The quantitative estimate of drug-likeness (QED) is 0.352. The van der Waals surface area contributed by atoms with Gasteiger partial charge in [-0.3, -0.25) is 4.79 Å². The molecule has 1 aromatic heterocycles. The van der Waals surface area contributed by atoms with Crippen LogP contribution in [0.25, 0.3) is 10.2 Å². The number of nitrogens with two attached hydrogens (primary N) is 1. The largest absolute Gasteiger partial charge is 0.446 e. The first-order valence-electron chi connectivity index (χ1n) is 8.88. The fraction of sp³-hybridized carbons (Fsp3) is 0.263. The summed E-state index contributed by atoms with van der Waals surface area (Å²) < 4.78 is 62.1. The number of hydrogen-bond acceptors (Lipinski definition) is 9. The Morgan fingerprint density at radius 2 is 1.78 bits per heavy atom. The van der Waals surface area contributed by atoms with Crippen molar-refractivity contribution in [2.24, 2.45) is 0 Å². The predicted octanol–water partition coefficient (Wildman–Crippen LogP) is 3.58. The lowest BCUT2D eigenvalue weighted by Crippen LogP contribution is -2.29. The first kappa shape index (κ1) is 25.4. The Bertz CT molecular complexity index is 1170. The van der Waals surface area contributed by atoms with Gasteiger partial charge in [-0.1, -0.05) is 11.3 Å². The third kappa shape index (κ3) is 7.98. The highest BCUT2D eigenvalue weighted by Gasteiger charge is 2.25. The van der Waals surface area contributed by atoms with E-state index in [1.54, 1.807) is 38.1 Å². The van der Waals surface area contributed by atoms with Crippen molar-refractivity contribution < 1.29 is 35.7 Å². The summed E-state index contributed by atoms with van der Waals surface area (Å²) in [5, 5.41) is 13.2. The average Bonchev–Trinajstić information content (AvgIpc) is 3.05. The Balaban J connectivity index is 0.000000534. The standard InChI is InChI=1S/C17H19N3O4S2.C2HF3O/c1-17(2,21)10-19-11-3-6-13(7-4-11)26(22,23)24-12-5-8-14-15(9-12)25-16(18)20-14;3-2(4,5)1-6/h3-9,19,21H,10H2,1-2H3,(H2,18,20);1H. The summed E-state index contributed by atoms with van der Waals surface area (Å²) >= 11 is 1.26. The normalized spacial score (nSPS) is 12.1. The van der Waals surface area contributed by atoms with Gasteiger partial charge in [0.2, 0.25) is 6.29 Å². The first-order valence-corrected chi connectivity index (χ1v) is 11.1. The van der Waals surface area contributed by atoms with Crippen molar-refractivity contribution >= 4 is 48.8 Å². The number of aliphatic hydroxyl groups is 1. The number of nitrogen functional groups attached to an aromatic ring is 1. The second kappa shape index (κ2) is 9.71. The summed E-state index contributed by atoms with van der Waals surface area (Å²) in [6.45, 7) is 3.70. The van der Waals surface area contributed by atoms with Gasteiger partial charge in [-0.2, -0.15) is 21.6 Å². The van der Waals surface area contributed by atoms with E-state index in [4.69, 9.17) is 14.7 Å². The molecule has 0 aliphatic rings. The van der Waals surface area contributed by atoms with E-state index >= 15 is 0 Å². The number of anilines is 2. The van der Waals surface area contributed by atoms with Gasteiger partial charge in [0.25, 0.3) is 0 Å². The zero-order chi connectivity index (χ0) is 24.2. The van der Waals surface area contributed by atoms with Crippen molar-refractivity contribution in [3.63, 3.8) is 0 Å². The molecule has 3 rings (SSSR count). The molecule has 0 aliphatic carbocycles. The van der Waals surface area contributed by atoms with Gasteiger partial charge in [0.05, 0.1) is 15.8 Å². The number of aldehydes is 1. The molecule has 0 atom stereocenters. The number of carbonyl (C=O) groups is 1. The van der Waals surface area contributed by atoms with Gasteiger partial charge < -0.3 is 20.3 Å². The Morgan fingerprint density at radius 1 is 1.19 bits per heavy atom. The van der Waals surface area contributed by atoms with Crippen LogP contribution in [0.4, 0.5) is 24.0 Å². The zero-order valence-corrected chi connectivity index (χ0v) is 18.5. The molecule has 1 heterocycles. The second-order valence-corrected chi connectivity index (χ2v) is 9.68. The maximum absolute atomic E-state index is 12.5. The predicted molar refractivity (Wildman–Crippen MR) is 115 cm³/mol. The zero-order valence-electron chi connectivity index (χ0n) is 16.9. The van der Waals surface area contributed by atoms with Crippen LogP contribution in [-0.2, 0) is 14.9 Å². The number of thiazole rings is 1. The molecular formula is C19H20F3N3O5S2. The third-order valence-electron chi connectivity index (χ3n) is 3.58. The first-order chi connectivity index (χ1) is 14.7. The van der Waals surface area contributed by atoms with Crippen LogP contribution in [0.3, 0.4) is 0 Å². The van der Waals surface area contributed by atoms with Crippen molar-refractivity contribution in [2.75, 3.05) is 17.6 Å². The number of aromatic nitrogens is 1. The SMILES string of the molecule is CC(C)(O)CNc1ccc(S(=O)(=O)Oc2ccc3nc(N)sc3c2)cc1.O=CC(F)(F)F. The number of alkyl halides is 3. The van der Waals surface area contributed by atoms with E-state index in [2.05, 4.69) is 10.3 Å². The fourth-order valence-corrected chi connectivity index (χ4v) is 3.89. The van der Waals surface area contributed by atoms with Gasteiger partial charge in [-0.25, -0.2) is 4.98 Å². The van der Waals surface area contributed by atoms with Crippen LogP contribution in [0.2, 0.25) is 0 Å². The number of carbonyl (C=O) groups excluding carboxylic acids is 1. The van der Waals surface area contributed by atoms with Crippen molar-refractivity contribution in [1.82, 2.24) is 4.98 Å². The molecule has 0 spiro atoms. The highest BCUT2D eigenvalue weighted by atomic mass is 32.2. The molecule has 174 valence electrons.